The number of carbonyl (C=O) groups excluding carboxylic acids is 1. The van der Waals surface area contributed by atoms with E-state index in [1.807, 2.05) is 12.1 Å². The summed E-state index contributed by atoms with van der Waals surface area (Å²) in [5.41, 5.74) is 8.93. The van der Waals surface area contributed by atoms with Crippen LogP contribution in [0.2, 0.25) is 0 Å². The van der Waals surface area contributed by atoms with Crippen LogP contribution in [-0.4, -0.2) is 31.4 Å². The lowest BCUT2D eigenvalue weighted by Crippen LogP contribution is -2.21. The Morgan fingerprint density at radius 3 is 2.24 bits per heavy atom. The van der Waals surface area contributed by atoms with Gasteiger partial charge in [-0.2, -0.15) is 0 Å². The number of anilines is 2. The maximum Gasteiger partial charge on any atom is 0.253 e. The monoisotopic (exact) mass is 289 g/mol. The zero-order valence-corrected chi connectivity index (χ0v) is 13.9. The fourth-order valence-corrected chi connectivity index (χ4v) is 3.17. The highest BCUT2D eigenvalue weighted by atomic mass is 16.2. The van der Waals surface area contributed by atoms with Crippen molar-refractivity contribution in [1.29, 1.82) is 0 Å². The zero-order valence-electron chi connectivity index (χ0n) is 13.9. The molecule has 2 rings (SSSR count). The van der Waals surface area contributed by atoms with Gasteiger partial charge in [-0.25, -0.2) is 0 Å². The minimum absolute atomic E-state index is 0.0299. The van der Waals surface area contributed by atoms with Gasteiger partial charge >= 0.3 is 0 Å². The summed E-state index contributed by atoms with van der Waals surface area (Å²) in [5, 5.41) is 3.43. The van der Waals surface area contributed by atoms with Crippen LogP contribution < -0.4 is 11.1 Å². The maximum absolute atomic E-state index is 11.9. The van der Waals surface area contributed by atoms with E-state index in [4.69, 9.17) is 5.73 Å². The van der Waals surface area contributed by atoms with Crippen LogP contribution in [0.15, 0.2) is 18.2 Å². The van der Waals surface area contributed by atoms with Gasteiger partial charge in [0.15, 0.2) is 0 Å². The summed E-state index contributed by atoms with van der Waals surface area (Å²) >= 11 is 0. The Balaban J connectivity index is 2.05. The molecule has 1 fully saturated rings. The number of nitrogens with one attached hydrogen (secondary N) is 1. The molecule has 1 aromatic carbocycles. The van der Waals surface area contributed by atoms with E-state index in [0.29, 0.717) is 28.0 Å². The summed E-state index contributed by atoms with van der Waals surface area (Å²) in [7, 11) is 3.48. The first kappa shape index (κ1) is 15.7. The number of hydrogen-bond donors (Lipinski definition) is 2. The van der Waals surface area contributed by atoms with Gasteiger partial charge in [-0.3, -0.25) is 4.79 Å². The van der Waals surface area contributed by atoms with E-state index in [1.54, 1.807) is 25.1 Å². The highest BCUT2D eigenvalue weighted by Gasteiger charge is 2.64. The first-order valence-electron chi connectivity index (χ1n) is 7.44. The zero-order chi connectivity index (χ0) is 16.0. The number of nitrogens with two attached hydrogens (primary N) is 1. The van der Waals surface area contributed by atoms with E-state index in [0.717, 1.165) is 12.2 Å². The van der Waals surface area contributed by atoms with Crippen LogP contribution in [0.3, 0.4) is 0 Å². The molecule has 4 heteroatoms. The predicted molar refractivity (Wildman–Crippen MR) is 88.4 cm³/mol. The summed E-state index contributed by atoms with van der Waals surface area (Å²) in [6.07, 6.45) is 0. The van der Waals surface area contributed by atoms with Crippen molar-refractivity contribution < 1.29 is 4.79 Å². The Hall–Kier alpha value is -1.71. The van der Waals surface area contributed by atoms with Crippen molar-refractivity contribution >= 4 is 17.3 Å². The van der Waals surface area contributed by atoms with Gasteiger partial charge in [0.25, 0.3) is 5.91 Å². The molecule has 21 heavy (non-hydrogen) atoms. The van der Waals surface area contributed by atoms with E-state index < -0.39 is 0 Å². The minimum atomic E-state index is -0.0299. The fourth-order valence-electron chi connectivity index (χ4n) is 3.17. The summed E-state index contributed by atoms with van der Waals surface area (Å²) in [6, 6.07) is 5.46. The first-order valence-corrected chi connectivity index (χ1v) is 7.44. The molecule has 0 bridgehead atoms. The number of nitrogens with zero attached hydrogens (tertiary/aromatic N) is 1. The van der Waals surface area contributed by atoms with Crippen LogP contribution in [-0.2, 0) is 0 Å². The molecule has 0 atom stereocenters. The van der Waals surface area contributed by atoms with Crippen molar-refractivity contribution in [3.63, 3.8) is 0 Å². The molecule has 3 N–H and O–H groups in total. The topological polar surface area (TPSA) is 58.4 Å². The average Bonchev–Trinajstić information content (AvgIpc) is 2.77. The number of nitrogen functional groups attached to an aromatic ring is 1. The van der Waals surface area contributed by atoms with Crippen molar-refractivity contribution in [2.45, 2.75) is 27.7 Å². The number of amides is 1. The van der Waals surface area contributed by atoms with Gasteiger partial charge in [-0.15, -0.1) is 0 Å². The van der Waals surface area contributed by atoms with Crippen LogP contribution in [0, 0.1) is 16.7 Å². The Labute approximate surface area is 127 Å². The molecule has 0 saturated heterocycles. The second kappa shape index (κ2) is 4.93. The molecule has 116 valence electrons. The molecule has 0 aromatic heterocycles. The summed E-state index contributed by atoms with van der Waals surface area (Å²) in [4.78, 5) is 13.5. The van der Waals surface area contributed by atoms with Gasteiger partial charge < -0.3 is 16.0 Å². The number of carbonyl (C=O) groups is 1. The van der Waals surface area contributed by atoms with Crippen molar-refractivity contribution in [1.82, 2.24) is 4.90 Å². The van der Waals surface area contributed by atoms with E-state index in [2.05, 4.69) is 33.0 Å². The van der Waals surface area contributed by atoms with Gasteiger partial charge in [0.1, 0.15) is 0 Å². The lowest BCUT2D eigenvalue weighted by molar-refractivity contribution is 0.0827. The van der Waals surface area contributed by atoms with Gasteiger partial charge in [0.2, 0.25) is 0 Å². The molecule has 0 radical (unpaired) electrons. The number of rotatable bonds is 4. The molecule has 1 aliphatic carbocycles. The highest BCUT2D eigenvalue weighted by Crippen LogP contribution is 2.68. The summed E-state index contributed by atoms with van der Waals surface area (Å²) in [6.45, 7) is 10.1. The van der Waals surface area contributed by atoms with E-state index in [9.17, 15) is 4.79 Å². The lowest BCUT2D eigenvalue weighted by atomic mass is 10.0. The molecule has 0 unspecified atom stereocenters. The largest absolute Gasteiger partial charge is 0.397 e. The van der Waals surface area contributed by atoms with Crippen molar-refractivity contribution in [3.05, 3.63) is 23.8 Å². The first-order chi connectivity index (χ1) is 9.59. The van der Waals surface area contributed by atoms with Crippen LogP contribution in [0.25, 0.3) is 0 Å². The molecule has 1 aliphatic rings. The second-order valence-corrected chi connectivity index (χ2v) is 7.38. The van der Waals surface area contributed by atoms with Crippen molar-refractivity contribution in [3.8, 4) is 0 Å². The van der Waals surface area contributed by atoms with Crippen molar-refractivity contribution in [2.75, 3.05) is 31.7 Å². The SMILES string of the molecule is CN(C)C(=O)c1ccc(NCC2C(C)(C)C2(C)C)c(N)c1. The van der Waals surface area contributed by atoms with E-state index in [-0.39, 0.29) is 5.91 Å². The van der Waals surface area contributed by atoms with E-state index >= 15 is 0 Å². The molecule has 0 spiro atoms. The normalized spacial score (nSPS) is 19.1. The smallest absolute Gasteiger partial charge is 0.253 e. The van der Waals surface area contributed by atoms with Crippen LogP contribution >= 0.6 is 0 Å². The Bertz CT molecular complexity index is 547. The minimum Gasteiger partial charge on any atom is -0.397 e. The van der Waals surface area contributed by atoms with Crippen molar-refractivity contribution in [2.24, 2.45) is 16.7 Å². The maximum atomic E-state index is 11.9. The van der Waals surface area contributed by atoms with Crippen LogP contribution in [0.1, 0.15) is 38.1 Å². The molecule has 4 nitrogen and oxygen atoms in total. The average molecular weight is 289 g/mol. The third-order valence-corrected chi connectivity index (χ3v) is 5.52. The third kappa shape index (κ3) is 2.59. The van der Waals surface area contributed by atoms with Crippen LogP contribution in [0.4, 0.5) is 11.4 Å². The second-order valence-electron chi connectivity index (χ2n) is 7.38. The fraction of sp³-hybridized carbons (Fsp3) is 0.588. The Morgan fingerprint density at radius 1 is 1.24 bits per heavy atom. The molecule has 1 aromatic rings. The summed E-state index contributed by atoms with van der Waals surface area (Å²) < 4.78 is 0. The number of hydrogen-bond acceptors (Lipinski definition) is 3. The quantitative estimate of drug-likeness (QED) is 0.838. The number of benzene rings is 1. The molecular formula is C17H27N3O. The molecule has 1 saturated carbocycles. The molecular weight excluding hydrogens is 262 g/mol. The predicted octanol–water partition coefficient (Wildman–Crippen LogP) is 3.06. The standard InChI is InChI=1S/C17H27N3O/c1-16(2)14(17(16,3)4)10-19-13-8-7-11(9-12(13)18)15(21)20(5)6/h7-9,14,19H,10,18H2,1-6H3. The van der Waals surface area contributed by atoms with E-state index in [1.165, 1.54) is 0 Å². The molecule has 1 amide bonds. The third-order valence-electron chi connectivity index (χ3n) is 5.52. The lowest BCUT2D eigenvalue weighted by Gasteiger charge is -2.14. The Kier molecular flexibility index (Phi) is 3.68. The Morgan fingerprint density at radius 2 is 1.81 bits per heavy atom. The highest BCUT2D eigenvalue weighted by molar-refractivity contribution is 5.95. The molecule has 0 heterocycles. The van der Waals surface area contributed by atoms with Gasteiger partial charge in [-0.05, 0) is 34.9 Å². The summed E-state index contributed by atoms with van der Waals surface area (Å²) in [5.74, 6) is 0.602. The van der Waals surface area contributed by atoms with Gasteiger partial charge in [0, 0.05) is 26.2 Å². The van der Waals surface area contributed by atoms with Gasteiger partial charge in [0.05, 0.1) is 11.4 Å². The van der Waals surface area contributed by atoms with Crippen LogP contribution in [0.5, 0.6) is 0 Å². The van der Waals surface area contributed by atoms with Gasteiger partial charge in [-0.1, -0.05) is 27.7 Å². The molecule has 0 aliphatic heterocycles.